The maximum absolute atomic E-state index is 13.8. The topological polar surface area (TPSA) is 89.7 Å². The smallest absolute Gasteiger partial charge is 0.342 e. The molecular weight excluding hydrogens is 323 g/mol. The average Bonchev–Trinajstić information content (AvgIpc) is 2.44. The lowest BCUT2D eigenvalue weighted by Crippen LogP contribution is -2.40. The van der Waals surface area contributed by atoms with Gasteiger partial charge in [-0.3, -0.25) is 0 Å². The summed E-state index contributed by atoms with van der Waals surface area (Å²) < 4.78 is 44.0. The number of ether oxygens (including phenoxy) is 1. The molecule has 0 heterocycles. The highest BCUT2D eigenvalue weighted by Crippen LogP contribution is 2.23. The van der Waals surface area contributed by atoms with Gasteiger partial charge in [0.15, 0.2) is 0 Å². The average molecular weight is 341 g/mol. The molecule has 2 N–H and O–H groups in total. The predicted octanol–water partition coefficient (Wildman–Crippen LogP) is 1.00. The number of rotatable bonds is 5. The highest BCUT2D eigenvalue weighted by molar-refractivity contribution is 7.89. The first kappa shape index (κ1) is 19.8. The van der Waals surface area contributed by atoms with Crippen LogP contribution in [0.1, 0.15) is 17.3 Å². The van der Waals surface area contributed by atoms with E-state index in [1.807, 2.05) is 0 Å². The van der Waals surface area contributed by atoms with Crippen LogP contribution in [0.3, 0.4) is 0 Å². The summed E-state index contributed by atoms with van der Waals surface area (Å²) in [5.74, 6) is -2.00. The molecule has 0 aliphatic carbocycles. The Balaban J connectivity index is 0.00000400. The molecule has 0 amide bonds. The van der Waals surface area contributed by atoms with E-state index in [2.05, 4.69) is 4.74 Å². The first-order valence-electron chi connectivity index (χ1n) is 5.82. The third kappa shape index (κ3) is 3.91. The van der Waals surface area contributed by atoms with Gasteiger partial charge in [-0.1, -0.05) is 6.07 Å². The van der Waals surface area contributed by atoms with Crippen LogP contribution < -0.4 is 5.73 Å². The van der Waals surface area contributed by atoms with Crippen LogP contribution in [0.25, 0.3) is 0 Å². The minimum atomic E-state index is -4.05. The van der Waals surface area contributed by atoms with Crippen LogP contribution in [0, 0.1) is 5.82 Å². The number of esters is 1. The van der Waals surface area contributed by atoms with Crippen molar-refractivity contribution in [1.82, 2.24) is 4.31 Å². The van der Waals surface area contributed by atoms with Gasteiger partial charge < -0.3 is 10.5 Å². The second-order valence-corrected chi connectivity index (χ2v) is 6.18. The zero-order valence-electron chi connectivity index (χ0n) is 11.9. The fourth-order valence-corrected chi connectivity index (χ4v) is 3.12. The van der Waals surface area contributed by atoms with Crippen LogP contribution in [0.2, 0.25) is 0 Å². The van der Waals surface area contributed by atoms with Crippen molar-refractivity contribution < 1.29 is 22.3 Å². The van der Waals surface area contributed by atoms with Crippen molar-refractivity contribution in [3.63, 3.8) is 0 Å². The summed E-state index contributed by atoms with van der Waals surface area (Å²) in [5.41, 5.74) is 4.82. The van der Waals surface area contributed by atoms with Gasteiger partial charge in [-0.2, -0.15) is 4.31 Å². The fourth-order valence-electron chi connectivity index (χ4n) is 1.56. The number of sulfonamides is 1. The van der Waals surface area contributed by atoms with Gasteiger partial charge in [-0.25, -0.2) is 17.6 Å². The molecule has 0 fully saturated rings. The number of carbonyl (C=O) groups excluding carboxylic acids is 1. The molecule has 21 heavy (non-hydrogen) atoms. The first-order valence-corrected chi connectivity index (χ1v) is 7.26. The molecule has 1 rings (SSSR count). The molecule has 6 nitrogen and oxygen atoms in total. The zero-order valence-corrected chi connectivity index (χ0v) is 13.5. The Labute approximate surface area is 129 Å². The fraction of sp³-hybridized carbons (Fsp3) is 0.417. The van der Waals surface area contributed by atoms with Crippen LogP contribution in [-0.4, -0.2) is 45.4 Å². The van der Waals surface area contributed by atoms with E-state index in [1.54, 1.807) is 6.92 Å². The Bertz CT molecular complexity index is 609. The number of hydrogen-bond acceptors (Lipinski definition) is 5. The highest BCUT2D eigenvalue weighted by atomic mass is 35.5. The van der Waals surface area contributed by atoms with E-state index in [1.165, 1.54) is 13.1 Å². The Hall–Kier alpha value is -1.22. The van der Waals surface area contributed by atoms with Gasteiger partial charge in [0.25, 0.3) is 0 Å². The van der Waals surface area contributed by atoms with E-state index in [0.29, 0.717) is 0 Å². The summed E-state index contributed by atoms with van der Waals surface area (Å²) in [7, 11) is -1.67. The summed E-state index contributed by atoms with van der Waals surface area (Å²) in [6, 6.07) is 2.88. The molecule has 120 valence electrons. The highest BCUT2D eigenvalue weighted by Gasteiger charge is 2.31. The van der Waals surface area contributed by atoms with Crippen molar-refractivity contribution in [3.05, 3.63) is 29.6 Å². The number of methoxy groups -OCH3 is 1. The number of nitrogens with zero attached hydrogens (tertiary/aromatic N) is 1. The van der Waals surface area contributed by atoms with E-state index >= 15 is 0 Å². The van der Waals surface area contributed by atoms with Crippen molar-refractivity contribution in [2.24, 2.45) is 5.73 Å². The van der Waals surface area contributed by atoms with Gasteiger partial charge in [0.05, 0.1) is 12.0 Å². The molecule has 0 bridgehead atoms. The van der Waals surface area contributed by atoms with E-state index in [0.717, 1.165) is 23.5 Å². The van der Waals surface area contributed by atoms with Crippen molar-refractivity contribution in [1.29, 1.82) is 0 Å². The van der Waals surface area contributed by atoms with Crippen molar-refractivity contribution in [2.45, 2.75) is 17.9 Å². The largest absolute Gasteiger partial charge is 0.465 e. The van der Waals surface area contributed by atoms with Crippen LogP contribution in [-0.2, 0) is 14.8 Å². The summed E-state index contributed by atoms with van der Waals surface area (Å²) in [6.45, 7) is 1.70. The van der Waals surface area contributed by atoms with E-state index in [-0.39, 0.29) is 19.0 Å². The lowest BCUT2D eigenvalue weighted by atomic mass is 10.2. The number of carbonyl (C=O) groups is 1. The number of nitrogens with two attached hydrogens (primary N) is 1. The Morgan fingerprint density at radius 2 is 2.05 bits per heavy atom. The van der Waals surface area contributed by atoms with Gasteiger partial charge in [0.2, 0.25) is 10.0 Å². The first-order chi connectivity index (χ1) is 9.27. The van der Waals surface area contributed by atoms with Gasteiger partial charge >= 0.3 is 5.97 Å². The molecule has 1 unspecified atom stereocenters. The molecule has 9 heteroatoms. The van der Waals surface area contributed by atoms with E-state index in [4.69, 9.17) is 5.73 Å². The molecule has 0 saturated carbocycles. The zero-order chi connectivity index (χ0) is 15.5. The Kier molecular flexibility index (Phi) is 7.25. The molecular formula is C12H18ClFN2O4S. The van der Waals surface area contributed by atoms with Crippen molar-refractivity contribution in [3.8, 4) is 0 Å². The number of halogens is 2. The SMILES string of the molecule is COC(=O)c1c(F)cccc1S(=O)(=O)N(C)C(C)CN.Cl. The molecule has 0 saturated heterocycles. The van der Waals surface area contributed by atoms with Crippen molar-refractivity contribution >= 4 is 28.4 Å². The maximum atomic E-state index is 13.8. The molecule has 1 atom stereocenters. The van der Waals surface area contributed by atoms with Crippen LogP contribution in [0.5, 0.6) is 0 Å². The van der Waals surface area contributed by atoms with E-state index < -0.39 is 38.3 Å². The van der Waals surface area contributed by atoms with Crippen LogP contribution in [0.15, 0.2) is 23.1 Å². The Morgan fingerprint density at radius 1 is 1.48 bits per heavy atom. The van der Waals surface area contributed by atoms with Crippen molar-refractivity contribution in [2.75, 3.05) is 20.7 Å². The summed E-state index contributed by atoms with van der Waals surface area (Å²) >= 11 is 0. The second kappa shape index (κ2) is 7.69. The minimum absolute atomic E-state index is 0. The molecule has 0 aliphatic rings. The normalized spacial score (nSPS) is 12.7. The lowest BCUT2D eigenvalue weighted by Gasteiger charge is -2.24. The number of likely N-dealkylation sites (N-methyl/N-ethyl adjacent to an activating group) is 1. The van der Waals surface area contributed by atoms with Crippen LogP contribution in [0.4, 0.5) is 4.39 Å². The Morgan fingerprint density at radius 3 is 2.52 bits per heavy atom. The van der Waals surface area contributed by atoms with Gasteiger partial charge in [-0.15, -0.1) is 12.4 Å². The molecule has 0 aliphatic heterocycles. The minimum Gasteiger partial charge on any atom is -0.465 e. The van der Waals surface area contributed by atoms with E-state index in [9.17, 15) is 17.6 Å². The predicted molar refractivity (Wildman–Crippen MR) is 78.5 cm³/mol. The summed E-state index contributed by atoms with van der Waals surface area (Å²) in [6.07, 6.45) is 0. The molecule has 0 aromatic heterocycles. The monoisotopic (exact) mass is 340 g/mol. The lowest BCUT2D eigenvalue weighted by molar-refractivity contribution is 0.0590. The maximum Gasteiger partial charge on any atom is 0.342 e. The second-order valence-electron chi connectivity index (χ2n) is 4.21. The van der Waals surface area contributed by atoms with Gasteiger partial charge in [0.1, 0.15) is 11.4 Å². The number of hydrogen-bond donors (Lipinski definition) is 1. The molecule has 1 aromatic rings. The summed E-state index contributed by atoms with van der Waals surface area (Å²) in [4.78, 5) is 11.2. The quantitative estimate of drug-likeness (QED) is 0.808. The molecule has 0 radical (unpaired) electrons. The van der Waals surface area contributed by atoms with Gasteiger partial charge in [-0.05, 0) is 19.1 Å². The third-order valence-corrected chi connectivity index (χ3v) is 5.00. The molecule has 0 spiro atoms. The molecule has 1 aromatic carbocycles. The van der Waals surface area contributed by atoms with Gasteiger partial charge in [0, 0.05) is 19.6 Å². The summed E-state index contributed by atoms with van der Waals surface area (Å²) in [5, 5.41) is 0. The number of benzene rings is 1. The third-order valence-electron chi connectivity index (χ3n) is 2.98. The van der Waals surface area contributed by atoms with Crippen LogP contribution >= 0.6 is 12.4 Å². The standard InChI is InChI=1S/C12H17FN2O4S.ClH/c1-8(7-14)15(2)20(17,18)10-6-4-5-9(13)11(10)12(16)19-3;/h4-6,8H,7,14H2,1-3H3;1H.